The Kier molecular flexibility index (Phi) is 4.73. The molecule has 0 aliphatic carbocycles. The number of hydrogen-bond acceptors (Lipinski definition) is 4. The number of pyridine rings is 1. The monoisotopic (exact) mass is 357 g/mol. The molecule has 2 aromatic rings. The van der Waals surface area contributed by atoms with Gasteiger partial charge in [0.2, 0.25) is 0 Å². The number of nitrogens with zero attached hydrogens (tertiary/aromatic N) is 1. The predicted molar refractivity (Wildman–Crippen MR) is 83.9 cm³/mol. The third kappa shape index (κ3) is 3.36. The normalized spacial score (nSPS) is 10.9. The zero-order chi connectivity index (χ0) is 17.2. The SMILES string of the molecule is C#Cc1c(F)ccc(NS(=O)(=O)c2cc(Cl)cnc2NC)c1F. The average Bonchev–Trinajstić information content (AvgIpc) is 2.50. The lowest BCUT2D eigenvalue weighted by Crippen LogP contribution is -2.17. The number of halogens is 3. The van der Waals surface area contributed by atoms with Gasteiger partial charge in [0.25, 0.3) is 10.0 Å². The lowest BCUT2D eigenvalue weighted by Gasteiger charge is -2.13. The van der Waals surface area contributed by atoms with E-state index < -0.39 is 32.9 Å². The topological polar surface area (TPSA) is 71.1 Å². The molecule has 0 fully saturated rings. The number of hydrogen-bond donors (Lipinski definition) is 2. The van der Waals surface area contributed by atoms with Crippen molar-refractivity contribution >= 4 is 33.1 Å². The fraction of sp³-hybridized carbons (Fsp3) is 0.0714. The van der Waals surface area contributed by atoms with Crippen LogP contribution in [-0.2, 0) is 10.0 Å². The first-order valence-electron chi connectivity index (χ1n) is 6.11. The van der Waals surface area contributed by atoms with Gasteiger partial charge in [-0.2, -0.15) is 0 Å². The largest absolute Gasteiger partial charge is 0.372 e. The van der Waals surface area contributed by atoms with Crippen LogP contribution in [0.15, 0.2) is 29.3 Å². The first-order valence-corrected chi connectivity index (χ1v) is 7.97. The van der Waals surface area contributed by atoms with Crippen molar-refractivity contribution in [2.45, 2.75) is 4.90 Å². The molecule has 0 aliphatic rings. The van der Waals surface area contributed by atoms with Gasteiger partial charge in [0.05, 0.1) is 16.3 Å². The molecule has 120 valence electrons. The maximum absolute atomic E-state index is 14.1. The summed E-state index contributed by atoms with van der Waals surface area (Å²) in [5.74, 6) is -0.302. The minimum Gasteiger partial charge on any atom is -0.372 e. The first kappa shape index (κ1) is 17.0. The summed E-state index contributed by atoms with van der Waals surface area (Å²) in [5, 5.41) is 2.66. The van der Waals surface area contributed by atoms with Crippen LogP contribution < -0.4 is 10.0 Å². The van der Waals surface area contributed by atoms with Crippen LogP contribution in [0, 0.1) is 24.0 Å². The Morgan fingerprint density at radius 3 is 2.65 bits per heavy atom. The van der Waals surface area contributed by atoms with Gasteiger partial charge in [-0.05, 0) is 18.2 Å². The van der Waals surface area contributed by atoms with Crippen LogP contribution in [0.2, 0.25) is 5.02 Å². The summed E-state index contributed by atoms with van der Waals surface area (Å²) in [6, 6.07) is 2.94. The van der Waals surface area contributed by atoms with Crippen molar-refractivity contribution in [3.05, 3.63) is 46.6 Å². The van der Waals surface area contributed by atoms with Crippen molar-refractivity contribution in [1.29, 1.82) is 0 Å². The van der Waals surface area contributed by atoms with Gasteiger partial charge >= 0.3 is 0 Å². The van der Waals surface area contributed by atoms with E-state index in [-0.39, 0.29) is 15.7 Å². The van der Waals surface area contributed by atoms with Crippen LogP contribution in [0.5, 0.6) is 0 Å². The van der Waals surface area contributed by atoms with Gasteiger partial charge in [-0.3, -0.25) is 4.72 Å². The molecule has 23 heavy (non-hydrogen) atoms. The van der Waals surface area contributed by atoms with Gasteiger partial charge in [0.1, 0.15) is 16.5 Å². The van der Waals surface area contributed by atoms with Gasteiger partial charge < -0.3 is 5.32 Å². The van der Waals surface area contributed by atoms with Gasteiger partial charge in [-0.1, -0.05) is 17.5 Å². The average molecular weight is 358 g/mol. The van der Waals surface area contributed by atoms with Crippen LogP contribution in [0.1, 0.15) is 5.56 Å². The molecule has 0 amide bonds. The molecule has 0 aliphatic heterocycles. The maximum atomic E-state index is 14.1. The molecule has 1 aromatic carbocycles. The van der Waals surface area contributed by atoms with Gasteiger partial charge in [-0.25, -0.2) is 22.2 Å². The van der Waals surface area contributed by atoms with E-state index in [9.17, 15) is 17.2 Å². The van der Waals surface area contributed by atoms with Crippen molar-refractivity contribution in [3.8, 4) is 12.3 Å². The first-order chi connectivity index (χ1) is 10.8. The Morgan fingerprint density at radius 2 is 2.04 bits per heavy atom. The van der Waals surface area contributed by atoms with Crippen molar-refractivity contribution in [1.82, 2.24) is 4.98 Å². The molecule has 0 radical (unpaired) electrons. The van der Waals surface area contributed by atoms with Crippen LogP contribution in [0.4, 0.5) is 20.3 Å². The van der Waals surface area contributed by atoms with Crippen molar-refractivity contribution in [2.24, 2.45) is 0 Å². The highest BCUT2D eigenvalue weighted by atomic mass is 35.5. The number of aromatic nitrogens is 1. The molecule has 2 N–H and O–H groups in total. The summed E-state index contributed by atoms with van der Waals surface area (Å²) in [6.45, 7) is 0. The second-order valence-electron chi connectivity index (χ2n) is 4.28. The third-order valence-corrected chi connectivity index (χ3v) is 4.41. The quantitative estimate of drug-likeness (QED) is 0.825. The van der Waals surface area contributed by atoms with E-state index in [0.29, 0.717) is 0 Å². The molecule has 9 heteroatoms. The van der Waals surface area contributed by atoms with Gasteiger partial charge in [-0.15, -0.1) is 6.42 Å². The van der Waals surface area contributed by atoms with E-state index in [0.717, 1.165) is 18.2 Å². The van der Waals surface area contributed by atoms with Crippen LogP contribution >= 0.6 is 11.6 Å². The number of terminal acetylenes is 1. The molecule has 0 atom stereocenters. The van der Waals surface area contributed by atoms with Crippen molar-refractivity contribution in [3.63, 3.8) is 0 Å². The van der Waals surface area contributed by atoms with Crippen molar-refractivity contribution in [2.75, 3.05) is 17.1 Å². The van der Waals surface area contributed by atoms with E-state index in [4.69, 9.17) is 18.0 Å². The Balaban J connectivity index is 2.52. The van der Waals surface area contributed by atoms with Crippen LogP contribution in [0.3, 0.4) is 0 Å². The molecule has 2 rings (SSSR count). The number of anilines is 2. The van der Waals surface area contributed by atoms with Crippen LogP contribution in [0.25, 0.3) is 0 Å². The summed E-state index contributed by atoms with van der Waals surface area (Å²) >= 11 is 5.75. The highest BCUT2D eigenvalue weighted by Gasteiger charge is 2.23. The molecular weight excluding hydrogens is 348 g/mol. The fourth-order valence-corrected chi connectivity index (χ4v) is 3.25. The van der Waals surface area contributed by atoms with Crippen molar-refractivity contribution < 1.29 is 17.2 Å². The maximum Gasteiger partial charge on any atom is 0.265 e. The molecule has 0 unspecified atom stereocenters. The molecule has 0 saturated heterocycles. The van der Waals surface area contributed by atoms with E-state index >= 15 is 0 Å². The minimum atomic E-state index is -4.23. The zero-order valence-corrected chi connectivity index (χ0v) is 13.3. The standard InChI is InChI=1S/C14H10ClF2N3O2S/c1-3-9-10(16)4-5-11(13(9)17)20-23(21,22)12-6-8(15)7-19-14(12)18-2/h1,4-7,20H,2H3,(H,18,19). The number of nitrogens with one attached hydrogen (secondary N) is 2. The lowest BCUT2D eigenvalue weighted by atomic mass is 10.2. The lowest BCUT2D eigenvalue weighted by molar-refractivity contribution is 0.578. The van der Waals surface area contributed by atoms with E-state index in [2.05, 4.69) is 10.3 Å². The number of benzene rings is 1. The zero-order valence-electron chi connectivity index (χ0n) is 11.7. The summed E-state index contributed by atoms with van der Waals surface area (Å²) < 4.78 is 54.3. The summed E-state index contributed by atoms with van der Waals surface area (Å²) in [5.41, 5.74) is -1.15. The highest BCUT2D eigenvalue weighted by Crippen LogP contribution is 2.27. The fourth-order valence-electron chi connectivity index (χ4n) is 1.78. The van der Waals surface area contributed by atoms with E-state index in [1.54, 1.807) is 0 Å². The summed E-state index contributed by atoms with van der Waals surface area (Å²) in [6.07, 6.45) is 6.27. The Morgan fingerprint density at radius 1 is 1.35 bits per heavy atom. The summed E-state index contributed by atoms with van der Waals surface area (Å²) in [4.78, 5) is 3.53. The summed E-state index contributed by atoms with van der Waals surface area (Å²) in [7, 11) is -2.77. The predicted octanol–water partition coefficient (Wildman–Crippen LogP) is 2.84. The second kappa shape index (κ2) is 6.40. The Bertz CT molecular complexity index is 911. The third-order valence-electron chi connectivity index (χ3n) is 2.83. The smallest absolute Gasteiger partial charge is 0.265 e. The Labute approximate surface area is 136 Å². The molecule has 0 saturated carbocycles. The second-order valence-corrected chi connectivity index (χ2v) is 6.37. The molecule has 1 heterocycles. The number of sulfonamides is 1. The van der Waals surface area contributed by atoms with Gasteiger partial charge in [0, 0.05) is 13.2 Å². The highest BCUT2D eigenvalue weighted by molar-refractivity contribution is 7.92. The molecule has 5 nitrogen and oxygen atoms in total. The molecule has 0 spiro atoms. The van der Waals surface area contributed by atoms with E-state index in [1.165, 1.54) is 13.2 Å². The van der Waals surface area contributed by atoms with Gasteiger partial charge in [0.15, 0.2) is 5.82 Å². The number of rotatable bonds is 4. The molecular formula is C14H10ClF2N3O2S. The molecule has 0 bridgehead atoms. The van der Waals surface area contributed by atoms with Crippen LogP contribution in [-0.4, -0.2) is 20.4 Å². The Hall–Kier alpha value is -2.37. The minimum absolute atomic E-state index is 0.0154. The molecule has 1 aromatic heterocycles. The van der Waals surface area contributed by atoms with E-state index in [1.807, 2.05) is 10.6 Å².